The molecular weight excluding hydrogens is 709 g/mol. The zero-order valence-corrected chi connectivity index (χ0v) is 32.2. The summed E-state index contributed by atoms with van der Waals surface area (Å²) in [6.45, 7) is 7.18. The topological polar surface area (TPSA) is 136 Å². The van der Waals surface area contributed by atoms with Crippen molar-refractivity contribution in [2.45, 2.75) is 82.8 Å². The van der Waals surface area contributed by atoms with Gasteiger partial charge in [-0.2, -0.15) is 5.10 Å². The third-order valence-electron chi connectivity index (χ3n) is 12.6. The van der Waals surface area contributed by atoms with Crippen molar-refractivity contribution in [3.05, 3.63) is 82.5 Å². The van der Waals surface area contributed by atoms with E-state index in [1.165, 1.54) is 30.3 Å². The van der Waals surface area contributed by atoms with Gasteiger partial charge in [-0.05, 0) is 107 Å². The summed E-state index contributed by atoms with van der Waals surface area (Å²) in [5.74, 6) is 0.334. The van der Waals surface area contributed by atoms with Gasteiger partial charge in [0.05, 0.1) is 29.7 Å². The number of benzene rings is 2. The van der Waals surface area contributed by atoms with Crippen LogP contribution in [-0.4, -0.2) is 81.4 Å². The number of pyridine rings is 1. The number of imide groups is 1. The van der Waals surface area contributed by atoms with Crippen molar-refractivity contribution in [3.63, 3.8) is 0 Å². The first-order valence-corrected chi connectivity index (χ1v) is 20.2. The van der Waals surface area contributed by atoms with E-state index in [9.17, 15) is 19.2 Å². The van der Waals surface area contributed by atoms with Gasteiger partial charge in [-0.25, -0.2) is 0 Å². The maximum absolute atomic E-state index is 13.4. The molecule has 2 saturated heterocycles. The lowest BCUT2D eigenvalue weighted by Gasteiger charge is -2.37. The lowest BCUT2D eigenvalue weighted by molar-refractivity contribution is -0.135. The lowest BCUT2D eigenvalue weighted by Crippen LogP contribution is -2.47. The smallest absolute Gasteiger partial charge is 0.274 e. The van der Waals surface area contributed by atoms with Gasteiger partial charge in [-0.15, -0.1) is 0 Å². The van der Waals surface area contributed by atoms with Gasteiger partial charge in [0.15, 0.2) is 0 Å². The fraction of sp³-hybridized carbons (Fsp3) is 0.465. The molecule has 56 heavy (non-hydrogen) atoms. The summed E-state index contributed by atoms with van der Waals surface area (Å²) < 4.78 is 11.5. The molecule has 5 aromatic rings. The predicted molar refractivity (Wildman–Crippen MR) is 216 cm³/mol. The predicted octanol–water partition coefficient (Wildman–Crippen LogP) is 5.98. The maximum atomic E-state index is 13.4. The number of rotatable bonds is 10. The molecule has 2 N–H and O–H groups in total. The number of aryl methyl sites for hydroxylation is 1. The van der Waals surface area contributed by atoms with Gasteiger partial charge in [0, 0.05) is 79.8 Å². The molecule has 13 nitrogen and oxygen atoms in total. The molecule has 5 heterocycles. The Kier molecular flexibility index (Phi) is 9.64. The second-order valence-electron chi connectivity index (χ2n) is 16.2. The van der Waals surface area contributed by atoms with Gasteiger partial charge in [0.2, 0.25) is 11.8 Å². The quantitative estimate of drug-likeness (QED) is 0.166. The highest BCUT2D eigenvalue weighted by atomic mass is 16.5. The van der Waals surface area contributed by atoms with E-state index >= 15 is 0 Å². The molecule has 0 spiro atoms. The second-order valence-corrected chi connectivity index (χ2v) is 16.2. The van der Waals surface area contributed by atoms with Crippen LogP contribution in [0.4, 0.5) is 11.4 Å². The van der Waals surface area contributed by atoms with Crippen LogP contribution < -0.4 is 25.8 Å². The SMILES string of the molecule is COc1cc2nn(C3CCC(CCN4CCN(c5cccc6c5c(C)cn6C5CCC(=O)NC5=O)CC4)CC3)cc2cc1C(=O)Nc1cccn(C2CC2)c1=O. The minimum Gasteiger partial charge on any atom is -0.496 e. The summed E-state index contributed by atoms with van der Waals surface area (Å²) in [6.07, 6.45) is 14.4. The van der Waals surface area contributed by atoms with E-state index in [0.29, 0.717) is 36.1 Å². The molecule has 1 atom stereocenters. The molecular formula is C43H50N8O5. The van der Waals surface area contributed by atoms with Gasteiger partial charge in [0.1, 0.15) is 17.5 Å². The van der Waals surface area contributed by atoms with Crippen LogP contribution in [-0.2, 0) is 9.59 Å². The molecule has 0 bridgehead atoms. The van der Waals surface area contributed by atoms with E-state index in [2.05, 4.69) is 61.0 Å². The van der Waals surface area contributed by atoms with Crippen LogP contribution in [0.1, 0.15) is 91.8 Å². The van der Waals surface area contributed by atoms with Gasteiger partial charge >= 0.3 is 0 Å². The minimum absolute atomic E-state index is 0.184. The Balaban J connectivity index is 0.783. The van der Waals surface area contributed by atoms with Crippen LogP contribution in [0, 0.1) is 12.8 Å². The first-order valence-electron chi connectivity index (χ1n) is 20.2. The average Bonchev–Trinajstić information content (AvgIpc) is 3.88. The van der Waals surface area contributed by atoms with Crippen molar-refractivity contribution in [2.24, 2.45) is 5.92 Å². The zero-order valence-electron chi connectivity index (χ0n) is 32.2. The molecule has 0 radical (unpaired) electrons. The van der Waals surface area contributed by atoms with Crippen molar-refractivity contribution < 1.29 is 19.1 Å². The Hall–Kier alpha value is -5.43. The molecule has 4 aliphatic rings. The van der Waals surface area contributed by atoms with Crippen LogP contribution in [0.25, 0.3) is 21.8 Å². The normalized spacial score (nSPS) is 22.1. The molecule has 13 heteroatoms. The highest BCUT2D eigenvalue weighted by molar-refractivity contribution is 6.08. The van der Waals surface area contributed by atoms with E-state index in [1.54, 1.807) is 30.0 Å². The number of carbonyl (C=O) groups is 3. The number of methoxy groups -OCH3 is 1. The Morgan fingerprint density at radius 3 is 2.45 bits per heavy atom. The van der Waals surface area contributed by atoms with E-state index in [1.807, 2.05) is 18.3 Å². The largest absolute Gasteiger partial charge is 0.496 e. The lowest BCUT2D eigenvalue weighted by atomic mass is 9.84. The molecule has 2 aliphatic carbocycles. The molecule has 292 valence electrons. The highest BCUT2D eigenvalue weighted by Crippen LogP contribution is 2.38. The number of anilines is 2. The van der Waals surface area contributed by atoms with Crippen molar-refractivity contribution in [2.75, 3.05) is 50.1 Å². The summed E-state index contributed by atoms with van der Waals surface area (Å²) in [4.78, 5) is 55.9. The monoisotopic (exact) mass is 758 g/mol. The van der Waals surface area contributed by atoms with Crippen LogP contribution in [0.2, 0.25) is 0 Å². The van der Waals surface area contributed by atoms with Crippen LogP contribution in [0.15, 0.2) is 65.8 Å². The number of ether oxygens (including phenoxy) is 1. The van der Waals surface area contributed by atoms with Gasteiger partial charge < -0.3 is 24.1 Å². The number of aromatic nitrogens is 4. The molecule has 4 fully saturated rings. The number of nitrogens with one attached hydrogen (secondary N) is 2. The molecule has 2 aromatic carbocycles. The molecule has 3 aromatic heterocycles. The number of piperazine rings is 1. The fourth-order valence-electron chi connectivity index (χ4n) is 9.27. The molecule has 9 rings (SSSR count). The van der Waals surface area contributed by atoms with Crippen molar-refractivity contribution in [3.8, 4) is 5.75 Å². The summed E-state index contributed by atoms with van der Waals surface area (Å²) in [5.41, 5.74) is 4.67. The Labute approximate surface area is 325 Å². The zero-order chi connectivity index (χ0) is 38.5. The summed E-state index contributed by atoms with van der Waals surface area (Å²) >= 11 is 0. The average molecular weight is 759 g/mol. The Morgan fingerprint density at radius 1 is 0.911 bits per heavy atom. The van der Waals surface area contributed by atoms with E-state index in [0.717, 1.165) is 80.4 Å². The van der Waals surface area contributed by atoms with Gasteiger partial charge in [-0.1, -0.05) is 6.07 Å². The molecule has 2 saturated carbocycles. The Bertz CT molecular complexity index is 2370. The van der Waals surface area contributed by atoms with Gasteiger partial charge in [0.25, 0.3) is 11.5 Å². The molecule has 1 unspecified atom stereocenters. The van der Waals surface area contributed by atoms with Crippen molar-refractivity contribution in [1.82, 2.24) is 29.1 Å². The van der Waals surface area contributed by atoms with E-state index < -0.39 is 0 Å². The van der Waals surface area contributed by atoms with Crippen LogP contribution in [0.3, 0.4) is 0 Å². The number of nitrogens with zero attached hydrogens (tertiary/aromatic N) is 6. The summed E-state index contributed by atoms with van der Waals surface area (Å²) in [6, 6.07) is 13.6. The summed E-state index contributed by atoms with van der Waals surface area (Å²) in [7, 11) is 1.55. The Morgan fingerprint density at radius 2 is 1.70 bits per heavy atom. The minimum atomic E-state index is -0.377. The number of fused-ring (bicyclic) bond motifs is 2. The molecule has 3 amide bonds. The number of hydrogen-bond donors (Lipinski definition) is 2. The number of amides is 3. The van der Waals surface area contributed by atoms with Crippen molar-refractivity contribution >= 4 is 50.9 Å². The molecule has 2 aliphatic heterocycles. The van der Waals surface area contributed by atoms with Crippen LogP contribution >= 0.6 is 0 Å². The first-order chi connectivity index (χ1) is 27.2. The number of hydrogen-bond acceptors (Lipinski definition) is 8. The number of carbonyl (C=O) groups excluding carboxylic acids is 3. The van der Waals surface area contributed by atoms with Crippen molar-refractivity contribution in [1.29, 1.82) is 0 Å². The maximum Gasteiger partial charge on any atom is 0.274 e. The number of piperidine rings is 1. The first kappa shape index (κ1) is 36.2. The standard InChI is InChI=1S/C43H50N8O5/c1-27-25-50(37-14-15-39(52)45-42(37)54)36-7-3-6-35(40(27)36)48-21-19-47(20-22-48)18-16-28-8-10-31(11-9-28)51-26-29-23-32(38(56-2)24-34(29)46-51)41(53)44-33-5-4-17-49(43(33)55)30-12-13-30/h3-7,17,23-26,28,30-31,37H,8-16,18-22H2,1-2H3,(H,44,53)(H,45,52,54). The third-order valence-corrected chi connectivity index (χ3v) is 12.6. The van der Waals surface area contributed by atoms with E-state index in [4.69, 9.17) is 9.84 Å². The fourth-order valence-corrected chi connectivity index (χ4v) is 9.27. The highest BCUT2D eigenvalue weighted by Gasteiger charge is 2.31. The summed E-state index contributed by atoms with van der Waals surface area (Å²) in [5, 5.41) is 12.3. The van der Waals surface area contributed by atoms with Gasteiger partial charge in [-0.3, -0.25) is 34.1 Å². The third kappa shape index (κ3) is 6.97. The van der Waals surface area contributed by atoms with Crippen LogP contribution in [0.5, 0.6) is 5.75 Å². The van der Waals surface area contributed by atoms with E-state index in [-0.39, 0.29) is 41.1 Å². The second kappa shape index (κ2) is 14.9.